The molecule has 3 N–H and O–H groups in total. The van der Waals surface area contributed by atoms with E-state index in [0.29, 0.717) is 28.7 Å². The lowest BCUT2D eigenvalue weighted by atomic mass is 10.2. The number of rotatable bonds is 6. The molecule has 0 unspecified atom stereocenters. The van der Waals surface area contributed by atoms with Gasteiger partial charge in [-0.05, 0) is 26.8 Å². The van der Waals surface area contributed by atoms with Crippen molar-refractivity contribution in [3.05, 3.63) is 35.0 Å². The van der Waals surface area contributed by atoms with Gasteiger partial charge < -0.3 is 14.3 Å². The molecule has 134 valence electrons. The summed E-state index contributed by atoms with van der Waals surface area (Å²) in [6.45, 7) is 5.10. The van der Waals surface area contributed by atoms with Crippen LogP contribution in [0.3, 0.4) is 0 Å². The van der Waals surface area contributed by atoms with Crippen LogP contribution in [0.1, 0.15) is 27.6 Å². The molecule has 10 heteroatoms. The predicted molar refractivity (Wildman–Crippen MR) is 91.0 cm³/mol. The Labute approximate surface area is 147 Å². The van der Waals surface area contributed by atoms with Crippen molar-refractivity contribution in [2.45, 2.75) is 20.8 Å². The van der Waals surface area contributed by atoms with Crippen LogP contribution in [0.5, 0.6) is 0 Å². The molecule has 0 aliphatic heterocycles. The number of furan rings is 1. The maximum absolute atomic E-state index is 11.9. The zero-order valence-corrected chi connectivity index (χ0v) is 14.8. The first kappa shape index (κ1) is 18.6. The van der Waals surface area contributed by atoms with Crippen molar-refractivity contribution < 1.29 is 23.3 Å². The van der Waals surface area contributed by atoms with E-state index >= 15 is 0 Å². The van der Waals surface area contributed by atoms with Gasteiger partial charge in [0.25, 0.3) is 5.91 Å². The monoisotopic (exact) mass is 366 g/mol. The molecular weight excluding hydrogens is 348 g/mol. The van der Waals surface area contributed by atoms with E-state index in [1.165, 1.54) is 0 Å². The molecule has 0 spiro atoms. The predicted octanol–water partition coefficient (Wildman–Crippen LogP) is 1.33. The second-order valence-electron chi connectivity index (χ2n) is 5.19. The second-order valence-corrected chi connectivity index (χ2v) is 6.18. The van der Waals surface area contributed by atoms with E-state index in [9.17, 15) is 14.4 Å². The van der Waals surface area contributed by atoms with E-state index in [2.05, 4.69) is 21.3 Å². The highest BCUT2D eigenvalue weighted by Gasteiger charge is 2.14. The number of amides is 3. The van der Waals surface area contributed by atoms with Gasteiger partial charge in [-0.3, -0.25) is 25.2 Å². The minimum absolute atomic E-state index is 0.00887. The zero-order chi connectivity index (χ0) is 18.4. The molecule has 3 amide bonds. The van der Waals surface area contributed by atoms with Crippen LogP contribution in [-0.2, 0) is 9.59 Å². The fourth-order valence-electron chi connectivity index (χ4n) is 1.93. The van der Waals surface area contributed by atoms with Gasteiger partial charge >= 0.3 is 0 Å². The Hall–Kier alpha value is -2.75. The van der Waals surface area contributed by atoms with Crippen molar-refractivity contribution in [1.82, 2.24) is 16.0 Å². The van der Waals surface area contributed by atoms with E-state index in [1.807, 2.05) is 0 Å². The minimum atomic E-state index is -0.466. The first-order valence-electron chi connectivity index (χ1n) is 7.32. The Bertz CT molecular complexity index is 783. The van der Waals surface area contributed by atoms with E-state index in [-0.39, 0.29) is 17.4 Å². The summed E-state index contributed by atoms with van der Waals surface area (Å²) >= 11 is 1.10. The first-order valence-corrected chi connectivity index (χ1v) is 8.47. The van der Waals surface area contributed by atoms with Gasteiger partial charge in [-0.2, -0.15) is 0 Å². The quantitative estimate of drug-likeness (QED) is 0.658. The van der Waals surface area contributed by atoms with Crippen molar-refractivity contribution in [3.8, 4) is 0 Å². The lowest BCUT2D eigenvalue weighted by molar-refractivity contribution is -0.119. The third-order valence-electron chi connectivity index (χ3n) is 2.96. The number of nitrogens with one attached hydrogen (secondary N) is 3. The number of hydrazine groups is 1. The summed E-state index contributed by atoms with van der Waals surface area (Å²) in [5.41, 5.74) is 4.94. The highest BCUT2D eigenvalue weighted by atomic mass is 32.2. The van der Waals surface area contributed by atoms with Gasteiger partial charge in [0.2, 0.25) is 11.8 Å². The summed E-state index contributed by atoms with van der Waals surface area (Å²) in [6.07, 6.45) is 0. The van der Waals surface area contributed by atoms with Crippen LogP contribution < -0.4 is 16.2 Å². The number of carbonyl (C=O) groups is 3. The van der Waals surface area contributed by atoms with Crippen LogP contribution in [0, 0.1) is 20.8 Å². The van der Waals surface area contributed by atoms with Gasteiger partial charge in [0.05, 0.1) is 17.1 Å². The molecule has 0 bridgehead atoms. The molecule has 0 fully saturated rings. The topological polar surface area (TPSA) is 126 Å². The van der Waals surface area contributed by atoms with Crippen molar-refractivity contribution in [2.24, 2.45) is 0 Å². The zero-order valence-electron chi connectivity index (χ0n) is 14.0. The van der Waals surface area contributed by atoms with Crippen molar-refractivity contribution in [2.75, 3.05) is 16.8 Å². The highest BCUT2D eigenvalue weighted by molar-refractivity contribution is 8.00. The number of hydrogen-bond donors (Lipinski definition) is 3. The normalized spacial score (nSPS) is 10.4. The Morgan fingerprint density at radius 3 is 2.36 bits per heavy atom. The molecule has 2 aromatic rings. The van der Waals surface area contributed by atoms with E-state index < -0.39 is 11.8 Å². The van der Waals surface area contributed by atoms with Gasteiger partial charge in [0.1, 0.15) is 17.3 Å². The van der Waals surface area contributed by atoms with Gasteiger partial charge in [-0.25, -0.2) is 0 Å². The molecule has 0 aliphatic rings. The largest absolute Gasteiger partial charge is 0.466 e. The van der Waals surface area contributed by atoms with Gasteiger partial charge in [-0.15, -0.1) is 11.8 Å². The van der Waals surface area contributed by atoms with Gasteiger partial charge in [-0.1, -0.05) is 5.16 Å². The van der Waals surface area contributed by atoms with E-state index in [0.717, 1.165) is 11.8 Å². The number of aromatic nitrogens is 1. The Morgan fingerprint density at radius 1 is 1.04 bits per heavy atom. The van der Waals surface area contributed by atoms with Crippen LogP contribution in [0.2, 0.25) is 0 Å². The second kappa shape index (κ2) is 8.38. The summed E-state index contributed by atoms with van der Waals surface area (Å²) in [7, 11) is 0. The third-order valence-corrected chi connectivity index (χ3v) is 3.90. The molecule has 2 aromatic heterocycles. The van der Waals surface area contributed by atoms with E-state index in [1.54, 1.807) is 32.9 Å². The molecular formula is C15H18N4O5S. The lowest BCUT2D eigenvalue weighted by Gasteiger charge is -2.06. The van der Waals surface area contributed by atoms with Crippen molar-refractivity contribution in [3.63, 3.8) is 0 Å². The molecule has 2 rings (SSSR count). The summed E-state index contributed by atoms with van der Waals surface area (Å²) in [5, 5.41) is 6.17. The Balaban J connectivity index is 1.66. The molecule has 2 heterocycles. The lowest BCUT2D eigenvalue weighted by Crippen LogP contribution is -2.42. The molecule has 0 aliphatic carbocycles. The fraction of sp³-hybridized carbons (Fsp3) is 0.333. The van der Waals surface area contributed by atoms with Gasteiger partial charge in [0, 0.05) is 6.07 Å². The average Bonchev–Trinajstić information content (AvgIpc) is 3.09. The molecule has 9 nitrogen and oxygen atoms in total. The number of carbonyl (C=O) groups excluding carboxylic acids is 3. The summed E-state index contributed by atoms with van der Waals surface area (Å²) in [5.74, 6) is 0.859. The molecule has 0 atom stereocenters. The summed E-state index contributed by atoms with van der Waals surface area (Å²) < 4.78 is 10.1. The van der Waals surface area contributed by atoms with Crippen molar-refractivity contribution >= 4 is 35.3 Å². The minimum Gasteiger partial charge on any atom is -0.466 e. The standard InChI is InChI=1S/C15H18N4O5S/c1-8-4-11(10(3)23-8)15(22)18-17-14(21)7-25-6-13(20)16-12-5-9(2)24-19-12/h4-5H,6-7H2,1-3H3,(H,17,21)(H,18,22)(H,16,19,20). The molecule has 0 saturated heterocycles. The highest BCUT2D eigenvalue weighted by Crippen LogP contribution is 2.13. The van der Waals surface area contributed by atoms with Crippen LogP contribution in [0.4, 0.5) is 5.82 Å². The summed E-state index contributed by atoms with van der Waals surface area (Å²) in [6, 6.07) is 3.17. The maximum Gasteiger partial charge on any atom is 0.273 e. The first-order chi connectivity index (χ1) is 11.8. The van der Waals surface area contributed by atoms with Gasteiger partial charge in [0.15, 0.2) is 5.82 Å². The number of thioether (sulfide) groups is 1. The number of anilines is 1. The Morgan fingerprint density at radius 2 is 1.76 bits per heavy atom. The number of hydrogen-bond acceptors (Lipinski definition) is 7. The van der Waals surface area contributed by atoms with Crippen LogP contribution in [-0.4, -0.2) is 34.4 Å². The number of nitrogens with zero attached hydrogens (tertiary/aromatic N) is 1. The SMILES string of the molecule is Cc1cc(NC(=O)CSCC(=O)NNC(=O)c2cc(C)oc2C)no1. The smallest absolute Gasteiger partial charge is 0.273 e. The van der Waals surface area contributed by atoms with Crippen LogP contribution >= 0.6 is 11.8 Å². The van der Waals surface area contributed by atoms with E-state index in [4.69, 9.17) is 8.94 Å². The summed E-state index contributed by atoms with van der Waals surface area (Å²) in [4.78, 5) is 35.2. The molecule has 0 radical (unpaired) electrons. The van der Waals surface area contributed by atoms with Crippen LogP contribution in [0.25, 0.3) is 0 Å². The Kier molecular flexibility index (Phi) is 6.23. The third kappa shape index (κ3) is 5.68. The average molecular weight is 366 g/mol. The van der Waals surface area contributed by atoms with Crippen molar-refractivity contribution in [1.29, 1.82) is 0 Å². The molecule has 25 heavy (non-hydrogen) atoms. The number of aryl methyl sites for hydroxylation is 3. The maximum atomic E-state index is 11.9. The molecule has 0 aromatic carbocycles. The fourth-order valence-corrected chi connectivity index (χ4v) is 2.54. The van der Waals surface area contributed by atoms with Crippen LogP contribution in [0.15, 0.2) is 21.1 Å². The molecule has 0 saturated carbocycles.